The van der Waals surface area contributed by atoms with Crippen molar-refractivity contribution < 1.29 is 19.4 Å². The average Bonchev–Trinajstić information content (AvgIpc) is 2.78. The molecule has 8 nitrogen and oxygen atoms in total. The van der Waals surface area contributed by atoms with Crippen LogP contribution in [0.15, 0.2) is 53.5 Å². The maximum atomic E-state index is 12.4. The summed E-state index contributed by atoms with van der Waals surface area (Å²) in [6.45, 7) is 6.96. The monoisotopic (exact) mass is 440 g/mol. The van der Waals surface area contributed by atoms with Crippen molar-refractivity contribution in [2.24, 2.45) is 10.9 Å². The standard InChI is InChI=1S/C24H32N4O4/c1-4-14-32-21-12-10-20(11-13-21)27-23(25-15-18-8-6-17(3)7-9-18)28-24(31)26-16-19(5-2)22(29)30/h6-13,19H,4-5,14-16H2,1-3H3,(H,29,30)(H3,25,26,27,28,31)/t19-/m0/s1. The largest absolute Gasteiger partial charge is 0.494 e. The Kier molecular flexibility index (Phi) is 10.0. The number of ether oxygens (including phenoxy) is 1. The predicted molar refractivity (Wildman–Crippen MR) is 125 cm³/mol. The number of carbonyl (C=O) groups excluding carboxylic acids is 1. The second kappa shape index (κ2) is 13.0. The third kappa shape index (κ3) is 8.67. The fourth-order valence-corrected chi connectivity index (χ4v) is 2.74. The van der Waals surface area contributed by atoms with E-state index in [9.17, 15) is 9.59 Å². The number of nitrogens with one attached hydrogen (secondary N) is 3. The van der Waals surface area contributed by atoms with Crippen LogP contribution in [0.2, 0.25) is 0 Å². The number of aryl methyl sites for hydroxylation is 1. The van der Waals surface area contributed by atoms with Crippen LogP contribution in [-0.4, -0.2) is 36.2 Å². The first-order valence-corrected chi connectivity index (χ1v) is 10.8. The molecule has 32 heavy (non-hydrogen) atoms. The van der Waals surface area contributed by atoms with Crippen LogP contribution >= 0.6 is 0 Å². The number of carboxylic acid groups (broad SMARTS) is 1. The van der Waals surface area contributed by atoms with Crippen LogP contribution in [-0.2, 0) is 11.3 Å². The van der Waals surface area contributed by atoms with Gasteiger partial charge in [0.2, 0.25) is 5.96 Å². The maximum Gasteiger partial charge on any atom is 0.321 e. The molecule has 0 unspecified atom stereocenters. The summed E-state index contributed by atoms with van der Waals surface area (Å²) in [5, 5.41) is 17.6. The van der Waals surface area contributed by atoms with Gasteiger partial charge in [-0.3, -0.25) is 10.1 Å². The van der Waals surface area contributed by atoms with Gasteiger partial charge in [-0.1, -0.05) is 43.7 Å². The summed E-state index contributed by atoms with van der Waals surface area (Å²) in [6.07, 6.45) is 1.35. The number of rotatable bonds is 10. The maximum absolute atomic E-state index is 12.4. The highest BCUT2D eigenvalue weighted by Gasteiger charge is 2.16. The van der Waals surface area contributed by atoms with Crippen molar-refractivity contribution in [3.8, 4) is 5.75 Å². The van der Waals surface area contributed by atoms with Gasteiger partial charge in [0.25, 0.3) is 0 Å². The summed E-state index contributed by atoms with van der Waals surface area (Å²) in [4.78, 5) is 28.0. The molecule has 4 N–H and O–H groups in total. The van der Waals surface area contributed by atoms with Gasteiger partial charge in [0.1, 0.15) is 5.75 Å². The van der Waals surface area contributed by atoms with Crippen LogP contribution in [0.1, 0.15) is 37.8 Å². The summed E-state index contributed by atoms with van der Waals surface area (Å²) in [5.74, 6) is -0.569. The van der Waals surface area contributed by atoms with E-state index < -0.39 is 17.9 Å². The minimum absolute atomic E-state index is 0.0341. The van der Waals surface area contributed by atoms with Gasteiger partial charge >= 0.3 is 12.0 Å². The first kappa shape index (κ1) is 24.7. The summed E-state index contributed by atoms with van der Waals surface area (Å²) >= 11 is 0. The van der Waals surface area contributed by atoms with Crippen molar-refractivity contribution in [1.29, 1.82) is 0 Å². The lowest BCUT2D eigenvalue weighted by Gasteiger charge is -2.15. The van der Waals surface area contributed by atoms with Crippen molar-refractivity contribution in [2.45, 2.75) is 40.2 Å². The molecule has 0 aromatic heterocycles. The van der Waals surface area contributed by atoms with E-state index in [1.165, 1.54) is 0 Å². The lowest BCUT2D eigenvalue weighted by Crippen LogP contribution is -2.47. The summed E-state index contributed by atoms with van der Waals surface area (Å²) in [5.41, 5.74) is 2.83. The van der Waals surface area contributed by atoms with E-state index in [0.29, 0.717) is 25.3 Å². The number of aliphatic carboxylic acids is 1. The zero-order valence-corrected chi connectivity index (χ0v) is 18.9. The first-order chi connectivity index (χ1) is 15.4. The number of carboxylic acids is 1. The summed E-state index contributed by atoms with van der Waals surface area (Å²) in [7, 11) is 0. The van der Waals surface area contributed by atoms with Crippen molar-refractivity contribution in [3.63, 3.8) is 0 Å². The van der Waals surface area contributed by atoms with Crippen LogP contribution in [0.5, 0.6) is 5.75 Å². The van der Waals surface area contributed by atoms with Crippen LogP contribution in [0.3, 0.4) is 0 Å². The van der Waals surface area contributed by atoms with Crippen molar-refractivity contribution in [1.82, 2.24) is 16.0 Å². The Hall–Kier alpha value is -3.55. The number of nitrogens with zero attached hydrogens (tertiary/aromatic N) is 1. The van der Waals surface area contributed by atoms with E-state index in [1.54, 1.807) is 19.1 Å². The summed E-state index contributed by atoms with van der Waals surface area (Å²) in [6, 6.07) is 14.8. The van der Waals surface area contributed by atoms with Crippen LogP contribution < -0.4 is 20.7 Å². The fourth-order valence-electron chi connectivity index (χ4n) is 2.74. The molecule has 0 saturated heterocycles. The molecule has 8 heteroatoms. The van der Waals surface area contributed by atoms with E-state index in [0.717, 1.165) is 23.3 Å². The lowest BCUT2D eigenvalue weighted by atomic mass is 10.1. The third-order valence-corrected chi connectivity index (χ3v) is 4.71. The van der Waals surface area contributed by atoms with Gasteiger partial charge in [-0.15, -0.1) is 0 Å². The molecular formula is C24H32N4O4. The SMILES string of the molecule is CCCOc1ccc(/N=C(/NCc2ccc(C)cc2)NC(=O)NC[C@H](CC)C(=O)O)cc1. The Morgan fingerprint density at radius 1 is 1.03 bits per heavy atom. The molecule has 0 fully saturated rings. The third-order valence-electron chi connectivity index (χ3n) is 4.71. The number of amides is 2. The van der Waals surface area contributed by atoms with Crippen molar-refractivity contribution in [3.05, 3.63) is 59.7 Å². The molecule has 2 aromatic carbocycles. The fraction of sp³-hybridized carbons (Fsp3) is 0.375. The summed E-state index contributed by atoms with van der Waals surface area (Å²) < 4.78 is 5.59. The second-order valence-electron chi connectivity index (χ2n) is 7.42. The normalized spacial score (nSPS) is 12.0. The van der Waals surface area contributed by atoms with E-state index in [-0.39, 0.29) is 12.5 Å². The molecule has 0 bridgehead atoms. The van der Waals surface area contributed by atoms with Gasteiger partial charge in [-0.25, -0.2) is 9.79 Å². The van der Waals surface area contributed by atoms with Gasteiger partial charge < -0.3 is 20.5 Å². The molecule has 1 atom stereocenters. The Morgan fingerprint density at radius 2 is 1.72 bits per heavy atom. The minimum Gasteiger partial charge on any atom is -0.494 e. The molecule has 2 aromatic rings. The van der Waals surface area contributed by atoms with Crippen LogP contribution in [0, 0.1) is 12.8 Å². The number of carbonyl (C=O) groups is 2. The van der Waals surface area contributed by atoms with Crippen LogP contribution in [0.25, 0.3) is 0 Å². The molecule has 0 aliphatic rings. The van der Waals surface area contributed by atoms with Gasteiger partial charge in [0.15, 0.2) is 0 Å². The Balaban J connectivity index is 2.08. The van der Waals surface area contributed by atoms with E-state index >= 15 is 0 Å². The topological polar surface area (TPSA) is 112 Å². The smallest absolute Gasteiger partial charge is 0.321 e. The average molecular weight is 441 g/mol. The number of urea groups is 1. The molecular weight excluding hydrogens is 408 g/mol. The van der Waals surface area contributed by atoms with Gasteiger partial charge in [0, 0.05) is 13.1 Å². The van der Waals surface area contributed by atoms with E-state index in [4.69, 9.17) is 9.84 Å². The molecule has 0 aliphatic heterocycles. The van der Waals surface area contributed by atoms with E-state index in [1.807, 2.05) is 50.2 Å². The number of guanidine groups is 1. The van der Waals surface area contributed by atoms with Crippen molar-refractivity contribution in [2.75, 3.05) is 13.2 Å². The molecule has 172 valence electrons. The zero-order chi connectivity index (χ0) is 23.3. The number of hydrogen-bond acceptors (Lipinski definition) is 4. The molecule has 2 rings (SSSR count). The number of hydrogen-bond donors (Lipinski definition) is 4. The van der Waals surface area contributed by atoms with Crippen molar-refractivity contribution >= 4 is 23.6 Å². The molecule has 2 amide bonds. The van der Waals surface area contributed by atoms with Gasteiger partial charge in [-0.05, 0) is 49.6 Å². The van der Waals surface area contributed by atoms with Gasteiger partial charge in [-0.2, -0.15) is 0 Å². The highest BCUT2D eigenvalue weighted by Crippen LogP contribution is 2.18. The molecule has 0 radical (unpaired) electrons. The van der Waals surface area contributed by atoms with E-state index in [2.05, 4.69) is 20.9 Å². The molecule has 0 saturated carbocycles. The molecule has 0 heterocycles. The first-order valence-electron chi connectivity index (χ1n) is 10.8. The minimum atomic E-state index is -0.940. The Morgan fingerprint density at radius 3 is 2.31 bits per heavy atom. The van der Waals surface area contributed by atoms with Gasteiger partial charge in [0.05, 0.1) is 18.2 Å². The predicted octanol–water partition coefficient (Wildman–Crippen LogP) is 3.97. The second-order valence-corrected chi connectivity index (χ2v) is 7.42. The Bertz CT molecular complexity index is 895. The molecule has 0 aliphatic carbocycles. The lowest BCUT2D eigenvalue weighted by molar-refractivity contribution is -0.141. The quantitative estimate of drug-likeness (QED) is 0.330. The molecule has 0 spiro atoms. The highest BCUT2D eigenvalue weighted by atomic mass is 16.5. The number of benzene rings is 2. The Labute approximate surface area is 189 Å². The van der Waals surface area contributed by atoms with Crippen LogP contribution in [0.4, 0.5) is 10.5 Å². The number of aliphatic imine (C=N–C) groups is 1. The zero-order valence-electron chi connectivity index (χ0n) is 18.9. The highest BCUT2D eigenvalue weighted by molar-refractivity contribution is 5.97.